The number of rotatable bonds is 6. The molecule has 0 unspecified atom stereocenters. The Labute approximate surface area is 137 Å². The summed E-state index contributed by atoms with van der Waals surface area (Å²) in [5.41, 5.74) is 1.19. The summed E-state index contributed by atoms with van der Waals surface area (Å²) >= 11 is 0. The van der Waals surface area contributed by atoms with E-state index < -0.39 is 12.8 Å². The monoisotopic (exact) mass is 341 g/mol. The molecule has 2 aromatic rings. The van der Waals surface area contributed by atoms with E-state index in [0.717, 1.165) is 25.9 Å². The van der Waals surface area contributed by atoms with Gasteiger partial charge in [0.1, 0.15) is 13.2 Å². The molecule has 1 atom stereocenters. The van der Waals surface area contributed by atoms with Crippen molar-refractivity contribution in [1.82, 2.24) is 15.0 Å². The van der Waals surface area contributed by atoms with Gasteiger partial charge < -0.3 is 9.26 Å². The van der Waals surface area contributed by atoms with Crippen LogP contribution in [-0.2, 0) is 17.9 Å². The van der Waals surface area contributed by atoms with Crippen molar-refractivity contribution in [3.05, 3.63) is 47.6 Å². The molecule has 1 aliphatic heterocycles. The van der Waals surface area contributed by atoms with Crippen molar-refractivity contribution in [2.24, 2.45) is 0 Å². The SMILES string of the molecule is FC(F)(F)COCc1noc([C@H]2CCCN2Cc2ccccc2)n1. The molecule has 0 saturated carbocycles. The third-order valence-corrected chi connectivity index (χ3v) is 3.86. The zero-order valence-electron chi connectivity index (χ0n) is 13.0. The van der Waals surface area contributed by atoms with Crippen LogP contribution in [0.25, 0.3) is 0 Å². The summed E-state index contributed by atoms with van der Waals surface area (Å²) in [6, 6.07) is 10.1. The van der Waals surface area contributed by atoms with Crippen molar-refractivity contribution in [1.29, 1.82) is 0 Å². The molecular formula is C16H18F3N3O2. The molecule has 0 amide bonds. The Hall–Kier alpha value is -1.93. The van der Waals surface area contributed by atoms with Crippen molar-refractivity contribution in [3.8, 4) is 0 Å². The molecule has 0 radical (unpaired) electrons. The molecule has 1 aliphatic rings. The Balaban J connectivity index is 1.59. The summed E-state index contributed by atoms with van der Waals surface area (Å²) in [4.78, 5) is 6.43. The first-order chi connectivity index (χ1) is 11.5. The number of hydrogen-bond acceptors (Lipinski definition) is 5. The number of aromatic nitrogens is 2. The molecule has 5 nitrogen and oxygen atoms in total. The lowest BCUT2D eigenvalue weighted by molar-refractivity contribution is -0.177. The molecule has 0 spiro atoms. The predicted octanol–water partition coefficient (Wildman–Crippen LogP) is 3.49. The highest BCUT2D eigenvalue weighted by molar-refractivity contribution is 5.15. The summed E-state index contributed by atoms with van der Waals surface area (Å²) in [5.74, 6) is 0.579. The van der Waals surface area contributed by atoms with Gasteiger partial charge in [-0.1, -0.05) is 35.5 Å². The van der Waals surface area contributed by atoms with E-state index in [0.29, 0.717) is 5.89 Å². The second kappa shape index (κ2) is 7.31. The van der Waals surface area contributed by atoms with Crippen molar-refractivity contribution in [3.63, 3.8) is 0 Å². The van der Waals surface area contributed by atoms with E-state index in [1.807, 2.05) is 18.2 Å². The third kappa shape index (κ3) is 4.55. The zero-order valence-corrected chi connectivity index (χ0v) is 13.0. The van der Waals surface area contributed by atoms with E-state index in [2.05, 4.69) is 31.9 Å². The highest BCUT2D eigenvalue weighted by Gasteiger charge is 2.31. The highest BCUT2D eigenvalue weighted by atomic mass is 19.4. The minimum atomic E-state index is -4.36. The van der Waals surface area contributed by atoms with E-state index in [-0.39, 0.29) is 18.5 Å². The van der Waals surface area contributed by atoms with E-state index >= 15 is 0 Å². The predicted molar refractivity (Wildman–Crippen MR) is 78.8 cm³/mol. The Bertz CT molecular complexity index is 646. The number of halogens is 3. The van der Waals surface area contributed by atoms with Gasteiger partial charge in [0, 0.05) is 6.54 Å². The Morgan fingerprint density at radius 1 is 1.25 bits per heavy atom. The smallest absolute Gasteiger partial charge is 0.364 e. The van der Waals surface area contributed by atoms with Crippen LogP contribution >= 0.6 is 0 Å². The molecule has 1 saturated heterocycles. The molecule has 0 aliphatic carbocycles. The fraction of sp³-hybridized carbons (Fsp3) is 0.500. The first-order valence-corrected chi connectivity index (χ1v) is 7.76. The lowest BCUT2D eigenvalue weighted by Gasteiger charge is -2.21. The number of hydrogen-bond donors (Lipinski definition) is 0. The summed E-state index contributed by atoms with van der Waals surface area (Å²) in [6.07, 6.45) is -2.46. The average molecular weight is 341 g/mol. The zero-order chi connectivity index (χ0) is 17.0. The standard InChI is InChI=1S/C16H18F3N3O2/c17-16(18,19)11-23-10-14-20-15(24-21-14)13-7-4-8-22(13)9-12-5-2-1-3-6-12/h1-3,5-6,13H,4,7-11H2/t13-/m1/s1. The van der Waals surface area contributed by atoms with Gasteiger partial charge in [-0.2, -0.15) is 18.2 Å². The van der Waals surface area contributed by atoms with E-state index in [1.54, 1.807) is 0 Å². The first-order valence-electron chi connectivity index (χ1n) is 7.76. The van der Waals surface area contributed by atoms with Gasteiger partial charge >= 0.3 is 6.18 Å². The second-order valence-corrected chi connectivity index (χ2v) is 5.77. The van der Waals surface area contributed by atoms with Crippen LogP contribution in [-0.4, -0.2) is 34.4 Å². The number of benzene rings is 1. The number of likely N-dealkylation sites (tertiary alicyclic amines) is 1. The molecule has 24 heavy (non-hydrogen) atoms. The van der Waals surface area contributed by atoms with Crippen molar-refractivity contribution >= 4 is 0 Å². The van der Waals surface area contributed by atoms with Gasteiger partial charge in [-0.15, -0.1) is 0 Å². The van der Waals surface area contributed by atoms with Gasteiger partial charge in [-0.25, -0.2) is 0 Å². The fourth-order valence-corrected chi connectivity index (χ4v) is 2.83. The van der Waals surface area contributed by atoms with Crippen LogP contribution in [0.1, 0.15) is 36.2 Å². The van der Waals surface area contributed by atoms with Crippen LogP contribution < -0.4 is 0 Å². The lowest BCUT2D eigenvalue weighted by atomic mass is 10.2. The number of nitrogens with zero attached hydrogens (tertiary/aromatic N) is 3. The summed E-state index contributed by atoms with van der Waals surface area (Å²) in [6.45, 7) is 0.0600. The van der Waals surface area contributed by atoms with E-state index in [4.69, 9.17) is 4.52 Å². The Morgan fingerprint density at radius 3 is 2.79 bits per heavy atom. The summed E-state index contributed by atoms with van der Waals surface area (Å²) < 4.78 is 46.0. The topological polar surface area (TPSA) is 51.4 Å². The van der Waals surface area contributed by atoms with Gasteiger partial charge in [-0.3, -0.25) is 4.90 Å². The molecule has 0 bridgehead atoms. The van der Waals surface area contributed by atoms with Crippen LogP contribution in [0.2, 0.25) is 0 Å². The Kier molecular flexibility index (Phi) is 5.15. The van der Waals surface area contributed by atoms with Gasteiger partial charge in [0.05, 0.1) is 6.04 Å². The quantitative estimate of drug-likeness (QED) is 0.805. The second-order valence-electron chi connectivity index (χ2n) is 5.77. The molecular weight excluding hydrogens is 323 g/mol. The molecule has 1 aromatic carbocycles. The maximum atomic E-state index is 12.1. The molecule has 130 valence electrons. The van der Waals surface area contributed by atoms with Crippen LogP contribution in [0.4, 0.5) is 13.2 Å². The average Bonchev–Trinajstić information content (AvgIpc) is 3.16. The maximum absolute atomic E-state index is 12.1. The largest absolute Gasteiger partial charge is 0.411 e. The summed E-state index contributed by atoms with van der Waals surface area (Å²) in [5, 5.41) is 3.72. The van der Waals surface area contributed by atoms with E-state index in [9.17, 15) is 13.2 Å². The van der Waals surface area contributed by atoms with Crippen LogP contribution in [0.15, 0.2) is 34.9 Å². The van der Waals surface area contributed by atoms with Crippen LogP contribution in [0, 0.1) is 0 Å². The lowest BCUT2D eigenvalue weighted by Crippen LogP contribution is -2.23. The maximum Gasteiger partial charge on any atom is 0.411 e. The minimum Gasteiger partial charge on any atom is -0.364 e. The number of alkyl halides is 3. The third-order valence-electron chi connectivity index (χ3n) is 3.86. The van der Waals surface area contributed by atoms with Gasteiger partial charge in [-0.05, 0) is 24.9 Å². The molecule has 0 N–H and O–H groups in total. The molecule has 1 fully saturated rings. The van der Waals surface area contributed by atoms with Gasteiger partial charge in [0.25, 0.3) is 0 Å². The Morgan fingerprint density at radius 2 is 2.04 bits per heavy atom. The normalized spacial score (nSPS) is 19.0. The summed E-state index contributed by atoms with van der Waals surface area (Å²) in [7, 11) is 0. The fourth-order valence-electron chi connectivity index (χ4n) is 2.83. The first kappa shape index (κ1) is 16.9. The number of ether oxygens (including phenoxy) is 1. The van der Waals surface area contributed by atoms with Gasteiger partial charge in [0.2, 0.25) is 5.89 Å². The van der Waals surface area contributed by atoms with E-state index in [1.165, 1.54) is 5.56 Å². The van der Waals surface area contributed by atoms with Gasteiger partial charge in [0.15, 0.2) is 5.82 Å². The van der Waals surface area contributed by atoms with Crippen molar-refractivity contribution in [2.75, 3.05) is 13.2 Å². The molecule has 1 aromatic heterocycles. The van der Waals surface area contributed by atoms with Crippen LogP contribution in [0.3, 0.4) is 0 Å². The van der Waals surface area contributed by atoms with Crippen LogP contribution in [0.5, 0.6) is 0 Å². The molecule has 2 heterocycles. The van der Waals surface area contributed by atoms with Crippen molar-refractivity contribution < 1.29 is 22.4 Å². The highest BCUT2D eigenvalue weighted by Crippen LogP contribution is 2.32. The molecule has 8 heteroatoms. The van der Waals surface area contributed by atoms with Crippen molar-refractivity contribution in [2.45, 2.75) is 38.2 Å². The minimum absolute atomic E-state index is 0.00549. The molecule has 3 rings (SSSR count).